The molecule has 2 N–H and O–H groups in total. The van der Waals surface area contributed by atoms with Gasteiger partial charge in [-0.25, -0.2) is 9.38 Å². The first-order valence-corrected chi connectivity index (χ1v) is 7.36. The van der Waals surface area contributed by atoms with E-state index in [4.69, 9.17) is 5.73 Å². The second-order valence-corrected chi connectivity index (χ2v) is 5.95. The molecule has 0 fully saturated rings. The number of nitro groups is 1. The minimum Gasteiger partial charge on any atom is -0.449 e. The first-order valence-electron chi connectivity index (χ1n) is 7.36. The fourth-order valence-corrected chi connectivity index (χ4v) is 2.71. The van der Waals surface area contributed by atoms with Gasteiger partial charge in [-0.2, -0.15) is 26.3 Å². The molecule has 0 unspecified atom stereocenters. The van der Waals surface area contributed by atoms with Gasteiger partial charge in [0.15, 0.2) is 0 Å². The second kappa shape index (κ2) is 7.07. The third-order valence-electron chi connectivity index (χ3n) is 3.87. The molecule has 7 nitrogen and oxygen atoms in total. The smallest absolute Gasteiger partial charge is 0.428 e. The number of rotatable bonds is 4. The number of hydrogen-bond acceptors (Lipinski definition) is 6. The number of nitrogens with two attached hydrogens (primary N) is 1. The van der Waals surface area contributed by atoms with E-state index in [-0.39, 0.29) is 0 Å². The Morgan fingerprint density at radius 3 is 2.43 bits per heavy atom. The number of ether oxygens (including phenoxy) is 2. The van der Waals surface area contributed by atoms with E-state index in [2.05, 4.69) is 14.5 Å². The topological polar surface area (TPSA) is 100.0 Å². The van der Waals surface area contributed by atoms with Gasteiger partial charge in [0.2, 0.25) is 6.10 Å². The first-order chi connectivity index (χ1) is 12.6. The van der Waals surface area contributed by atoms with Crippen LogP contribution in [0.3, 0.4) is 0 Å². The molecule has 0 bridgehead atoms. The van der Waals surface area contributed by atoms with E-state index < -0.39 is 64.7 Å². The maximum atomic E-state index is 14.3. The van der Waals surface area contributed by atoms with Crippen LogP contribution in [0, 0.1) is 15.9 Å². The number of nitro benzene ring substituents is 1. The molecule has 156 valence electrons. The summed E-state index contributed by atoms with van der Waals surface area (Å²) in [5, 5.41) is 10.9. The average molecular weight is 419 g/mol. The van der Waals surface area contributed by atoms with Crippen molar-refractivity contribution in [1.29, 1.82) is 0 Å². The van der Waals surface area contributed by atoms with Crippen LogP contribution in [-0.2, 0) is 15.0 Å². The minimum atomic E-state index is -5.27. The largest absolute Gasteiger partial charge is 0.449 e. The summed E-state index contributed by atoms with van der Waals surface area (Å²) in [6.07, 6.45) is -15.9. The molecule has 28 heavy (non-hydrogen) atoms. The highest BCUT2D eigenvalue weighted by molar-refractivity contribution is 5.73. The van der Waals surface area contributed by atoms with E-state index in [0.29, 0.717) is 12.1 Å². The number of hydrogen-bond donors (Lipinski definition) is 1. The minimum absolute atomic E-state index is 0.550. The lowest BCUT2D eigenvalue weighted by atomic mass is 9.82. The number of benzene rings is 1. The van der Waals surface area contributed by atoms with Crippen LogP contribution in [-0.4, -0.2) is 42.1 Å². The summed E-state index contributed by atoms with van der Waals surface area (Å²) in [7, 11) is 0. The highest BCUT2D eigenvalue weighted by Gasteiger charge is 2.59. The lowest BCUT2D eigenvalue weighted by Crippen LogP contribution is -2.58. The van der Waals surface area contributed by atoms with Crippen LogP contribution in [0.4, 0.5) is 36.4 Å². The predicted octanol–water partition coefficient (Wildman–Crippen LogP) is 3.17. The van der Waals surface area contributed by atoms with Crippen molar-refractivity contribution < 1.29 is 45.1 Å². The Bertz CT molecular complexity index is 796. The molecule has 14 heteroatoms. The molecule has 1 aromatic carbocycles. The monoisotopic (exact) mass is 419 g/mol. The van der Waals surface area contributed by atoms with Gasteiger partial charge >= 0.3 is 12.4 Å². The number of nitrogens with zero attached hydrogens (tertiary/aromatic N) is 2. The summed E-state index contributed by atoms with van der Waals surface area (Å²) in [6.45, 7) is -1.32. The summed E-state index contributed by atoms with van der Waals surface area (Å²) in [5.41, 5.74) is 1.17. The van der Waals surface area contributed by atoms with E-state index in [0.717, 1.165) is 13.0 Å². The SMILES string of the molecule is C[C@]1(c2cc([N+](=O)[O-])ccc2F)N=C(N)O[C@H](C(F)(F)F)[C@@H]1OCC(F)(F)F. The number of aliphatic imine (C=N–C) groups is 1. The fraction of sp³-hybridized carbons (Fsp3) is 0.500. The van der Waals surface area contributed by atoms with Crippen molar-refractivity contribution in [2.75, 3.05) is 6.61 Å². The maximum absolute atomic E-state index is 14.3. The number of alkyl halides is 6. The quantitative estimate of drug-likeness (QED) is 0.459. The Morgan fingerprint density at radius 2 is 1.93 bits per heavy atom. The Kier molecular flexibility index (Phi) is 5.47. The third-order valence-corrected chi connectivity index (χ3v) is 3.87. The second-order valence-electron chi connectivity index (χ2n) is 5.95. The van der Waals surface area contributed by atoms with Crippen molar-refractivity contribution in [3.8, 4) is 0 Å². The van der Waals surface area contributed by atoms with Crippen LogP contribution in [0.15, 0.2) is 23.2 Å². The normalized spacial score (nSPS) is 25.8. The molecular formula is C14H12F7N3O4. The van der Waals surface area contributed by atoms with Gasteiger partial charge in [0.25, 0.3) is 11.7 Å². The van der Waals surface area contributed by atoms with Gasteiger partial charge < -0.3 is 15.2 Å². The van der Waals surface area contributed by atoms with Crippen LogP contribution in [0.2, 0.25) is 0 Å². The van der Waals surface area contributed by atoms with Crippen molar-refractivity contribution in [3.63, 3.8) is 0 Å². The zero-order chi connectivity index (χ0) is 21.5. The molecule has 0 amide bonds. The van der Waals surface area contributed by atoms with Gasteiger partial charge in [-0.3, -0.25) is 10.1 Å². The molecule has 0 saturated carbocycles. The Hall–Kier alpha value is -2.64. The molecule has 1 aromatic rings. The molecule has 2 rings (SSSR count). The molecule has 1 aliphatic rings. The molecular weight excluding hydrogens is 407 g/mol. The van der Waals surface area contributed by atoms with Crippen molar-refractivity contribution in [2.45, 2.75) is 37.0 Å². The van der Waals surface area contributed by atoms with Gasteiger partial charge in [-0.15, -0.1) is 0 Å². The highest BCUT2D eigenvalue weighted by atomic mass is 19.4. The lowest BCUT2D eigenvalue weighted by molar-refractivity contribution is -0.385. The molecule has 1 heterocycles. The summed E-state index contributed by atoms with van der Waals surface area (Å²) in [6, 6.07) is 0.752. The molecule has 3 atom stereocenters. The van der Waals surface area contributed by atoms with Crippen LogP contribution in [0.5, 0.6) is 0 Å². The zero-order valence-electron chi connectivity index (χ0n) is 13.8. The Balaban J connectivity index is 2.66. The van der Waals surface area contributed by atoms with Crippen LogP contribution < -0.4 is 5.73 Å². The van der Waals surface area contributed by atoms with E-state index in [9.17, 15) is 40.8 Å². The summed E-state index contributed by atoms with van der Waals surface area (Å²) in [5.74, 6) is -1.26. The van der Waals surface area contributed by atoms with Crippen molar-refractivity contribution in [3.05, 3.63) is 39.7 Å². The molecule has 0 aliphatic carbocycles. The summed E-state index contributed by atoms with van der Waals surface area (Å²) in [4.78, 5) is 13.5. The van der Waals surface area contributed by atoms with Crippen molar-refractivity contribution in [1.82, 2.24) is 0 Å². The third kappa shape index (κ3) is 4.43. The Morgan fingerprint density at radius 1 is 1.32 bits per heavy atom. The fourth-order valence-electron chi connectivity index (χ4n) is 2.71. The molecule has 0 radical (unpaired) electrons. The maximum Gasteiger partial charge on any atom is 0.428 e. The van der Waals surface area contributed by atoms with Gasteiger partial charge in [-0.1, -0.05) is 0 Å². The van der Waals surface area contributed by atoms with E-state index in [1.54, 1.807) is 0 Å². The zero-order valence-corrected chi connectivity index (χ0v) is 13.8. The molecule has 1 aliphatic heterocycles. The summed E-state index contributed by atoms with van der Waals surface area (Å²) >= 11 is 0. The van der Waals surface area contributed by atoms with E-state index in [1.165, 1.54) is 0 Å². The van der Waals surface area contributed by atoms with Crippen LogP contribution >= 0.6 is 0 Å². The lowest BCUT2D eigenvalue weighted by Gasteiger charge is -2.42. The van der Waals surface area contributed by atoms with E-state index >= 15 is 0 Å². The van der Waals surface area contributed by atoms with Gasteiger partial charge in [0.1, 0.15) is 24.1 Å². The average Bonchev–Trinajstić information content (AvgIpc) is 2.51. The van der Waals surface area contributed by atoms with Crippen molar-refractivity contribution >= 4 is 11.7 Å². The van der Waals surface area contributed by atoms with Gasteiger partial charge in [0.05, 0.1) is 4.92 Å². The molecule has 0 spiro atoms. The number of non-ortho nitro benzene ring substituents is 1. The number of halogens is 7. The van der Waals surface area contributed by atoms with E-state index in [1.807, 2.05) is 0 Å². The van der Waals surface area contributed by atoms with Crippen LogP contribution in [0.25, 0.3) is 0 Å². The number of amidine groups is 1. The highest BCUT2D eigenvalue weighted by Crippen LogP contribution is 2.44. The predicted molar refractivity (Wildman–Crippen MR) is 78.8 cm³/mol. The van der Waals surface area contributed by atoms with Gasteiger partial charge in [-0.05, 0) is 13.0 Å². The molecule has 0 saturated heterocycles. The Labute approximate surface area is 152 Å². The standard InChI is InChI=1S/C14H12F7N3O4/c1-12(7-4-6(24(25)26)2-3-8(7)15)9(27-5-13(16,17)18)10(14(19,20)21)28-11(22)23-12/h2-4,9-10H,5H2,1H3,(H2,22,23)/t9-,10-,12+/m0/s1. The molecule has 0 aromatic heterocycles. The van der Waals surface area contributed by atoms with Crippen molar-refractivity contribution in [2.24, 2.45) is 10.7 Å². The van der Waals surface area contributed by atoms with Crippen LogP contribution in [0.1, 0.15) is 12.5 Å². The summed E-state index contributed by atoms with van der Waals surface area (Å²) < 4.78 is 101. The first kappa shape index (κ1) is 21.7. The van der Waals surface area contributed by atoms with Gasteiger partial charge in [0, 0.05) is 17.7 Å².